The fourth-order valence-corrected chi connectivity index (χ4v) is 3.85. The molecule has 32 heavy (non-hydrogen) atoms. The molecule has 1 aliphatic rings. The topological polar surface area (TPSA) is 105 Å². The highest BCUT2D eigenvalue weighted by Crippen LogP contribution is 2.32. The molecule has 2 heterocycles. The Morgan fingerprint density at radius 1 is 1.25 bits per heavy atom. The molecule has 2 aromatic carbocycles. The molecule has 1 aliphatic heterocycles. The first-order chi connectivity index (χ1) is 15.3. The van der Waals surface area contributed by atoms with Crippen LogP contribution in [0.3, 0.4) is 0 Å². The third kappa shape index (κ3) is 4.38. The summed E-state index contributed by atoms with van der Waals surface area (Å²) in [5.74, 6) is -0.000626. The minimum Gasteiger partial charge on any atom is -0.475 e. The zero-order valence-electron chi connectivity index (χ0n) is 17.8. The van der Waals surface area contributed by atoms with Crippen molar-refractivity contribution >= 4 is 29.0 Å². The number of aromatic nitrogens is 2. The maximum absolute atomic E-state index is 13.1. The van der Waals surface area contributed by atoms with Crippen molar-refractivity contribution < 1.29 is 14.6 Å². The number of fused-ring (bicyclic) bond motifs is 1. The number of carbonyl (C=O) groups is 1. The van der Waals surface area contributed by atoms with Gasteiger partial charge in [0.15, 0.2) is 0 Å². The first kappa shape index (κ1) is 22.0. The molecule has 0 aliphatic carbocycles. The van der Waals surface area contributed by atoms with Gasteiger partial charge in [0.25, 0.3) is 5.91 Å². The van der Waals surface area contributed by atoms with E-state index in [9.17, 15) is 9.90 Å². The SMILES string of the molecule is CC(O)N(C)Cc1ccc(-c2ccc(N3CCOc4ncnc(N)c4C3=O)cc2)c(Cl)c1. The Morgan fingerprint density at radius 3 is 2.69 bits per heavy atom. The van der Waals surface area contributed by atoms with E-state index in [-0.39, 0.29) is 23.2 Å². The van der Waals surface area contributed by atoms with Crippen molar-refractivity contribution in [3.8, 4) is 17.0 Å². The van der Waals surface area contributed by atoms with Gasteiger partial charge >= 0.3 is 0 Å². The molecule has 166 valence electrons. The Kier molecular flexibility index (Phi) is 6.27. The lowest BCUT2D eigenvalue weighted by Gasteiger charge is -2.21. The van der Waals surface area contributed by atoms with Crippen molar-refractivity contribution in [3.63, 3.8) is 0 Å². The van der Waals surface area contributed by atoms with E-state index in [0.29, 0.717) is 30.4 Å². The van der Waals surface area contributed by atoms with Gasteiger partial charge < -0.3 is 20.5 Å². The highest BCUT2D eigenvalue weighted by atomic mass is 35.5. The van der Waals surface area contributed by atoms with Crippen LogP contribution in [0.2, 0.25) is 5.02 Å². The molecule has 0 spiro atoms. The van der Waals surface area contributed by atoms with Crippen LogP contribution < -0.4 is 15.4 Å². The summed E-state index contributed by atoms with van der Waals surface area (Å²) in [6.07, 6.45) is 0.741. The van der Waals surface area contributed by atoms with Crippen molar-refractivity contribution in [2.75, 3.05) is 30.8 Å². The van der Waals surface area contributed by atoms with Crippen LogP contribution >= 0.6 is 11.6 Å². The van der Waals surface area contributed by atoms with Gasteiger partial charge in [-0.1, -0.05) is 35.9 Å². The number of carbonyl (C=O) groups excluding carboxylic acids is 1. The summed E-state index contributed by atoms with van der Waals surface area (Å²) in [6.45, 7) is 2.97. The number of hydrogen-bond donors (Lipinski definition) is 2. The second kappa shape index (κ2) is 9.12. The zero-order chi connectivity index (χ0) is 22.8. The van der Waals surface area contributed by atoms with E-state index in [1.165, 1.54) is 6.33 Å². The number of amides is 1. The smallest absolute Gasteiger partial charge is 0.267 e. The van der Waals surface area contributed by atoms with Gasteiger partial charge in [-0.3, -0.25) is 9.69 Å². The lowest BCUT2D eigenvalue weighted by Crippen LogP contribution is -2.32. The van der Waals surface area contributed by atoms with Gasteiger partial charge in [0.05, 0.1) is 6.54 Å². The number of ether oxygens (including phenoxy) is 1. The average Bonchev–Trinajstić information content (AvgIpc) is 2.93. The quantitative estimate of drug-likeness (QED) is 0.571. The Hall–Kier alpha value is -3.20. The van der Waals surface area contributed by atoms with E-state index in [1.807, 2.05) is 54.4 Å². The number of rotatable bonds is 5. The lowest BCUT2D eigenvalue weighted by atomic mass is 10.0. The molecule has 3 aromatic rings. The maximum Gasteiger partial charge on any atom is 0.267 e. The zero-order valence-corrected chi connectivity index (χ0v) is 18.6. The third-order valence-corrected chi connectivity index (χ3v) is 5.76. The van der Waals surface area contributed by atoms with Crippen LogP contribution in [-0.4, -0.2) is 52.3 Å². The van der Waals surface area contributed by atoms with Crippen molar-refractivity contribution in [1.29, 1.82) is 0 Å². The van der Waals surface area contributed by atoms with Crippen molar-refractivity contribution in [2.24, 2.45) is 0 Å². The van der Waals surface area contributed by atoms with Crippen LogP contribution in [0.5, 0.6) is 5.88 Å². The Labute approximate surface area is 191 Å². The summed E-state index contributed by atoms with van der Waals surface area (Å²) in [5, 5.41) is 10.3. The minimum atomic E-state index is -0.540. The van der Waals surface area contributed by atoms with E-state index in [1.54, 1.807) is 11.8 Å². The molecule has 1 atom stereocenters. The summed E-state index contributed by atoms with van der Waals surface area (Å²) < 4.78 is 5.58. The van der Waals surface area contributed by atoms with E-state index in [2.05, 4.69) is 9.97 Å². The predicted molar refractivity (Wildman–Crippen MR) is 124 cm³/mol. The standard InChI is InChI=1S/C23H24ClN5O3/c1-14(30)28(2)12-15-3-8-18(19(24)11-15)16-4-6-17(7-5-16)29-9-10-32-22-20(23(29)31)21(25)26-13-27-22/h3-8,11,13-14,30H,9-10,12H2,1-2H3,(H2,25,26,27). The molecule has 0 saturated heterocycles. The summed E-state index contributed by atoms with van der Waals surface area (Å²) in [6, 6.07) is 13.4. The molecule has 0 fully saturated rings. The molecule has 1 amide bonds. The van der Waals surface area contributed by atoms with Crippen LogP contribution in [0, 0.1) is 0 Å². The molecule has 8 nitrogen and oxygen atoms in total. The van der Waals surface area contributed by atoms with Crippen LogP contribution in [-0.2, 0) is 6.54 Å². The second-order valence-corrected chi connectivity index (χ2v) is 8.06. The van der Waals surface area contributed by atoms with Gasteiger partial charge in [-0.2, -0.15) is 0 Å². The molecule has 1 unspecified atom stereocenters. The number of nitrogen functional groups attached to an aromatic ring is 1. The van der Waals surface area contributed by atoms with Gasteiger partial charge in [0, 0.05) is 22.8 Å². The monoisotopic (exact) mass is 453 g/mol. The van der Waals surface area contributed by atoms with Gasteiger partial charge in [-0.25, -0.2) is 9.97 Å². The van der Waals surface area contributed by atoms with E-state index in [4.69, 9.17) is 22.1 Å². The largest absolute Gasteiger partial charge is 0.475 e. The Morgan fingerprint density at radius 2 is 2.00 bits per heavy atom. The number of nitrogens with two attached hydrogens (primary N) is 1. The molecule has 0 saturated carbocycles. The summed E-state index contributed by atoms with van der Waals surface area (Å²) in [4.78, 5) is 24.4. The Bertz CT molecular complexity index is 1140. The first-order valence-corrected chi connectivity index (χ1v) is 10.5. The molecule has 4 rings (SSSR count). The molecule has 0 bridgehead atoms. The maximum atomic E-state index is 13.1. The summed E-state index contributed by atoms with van der Waals surface area (Å²) in [7, 11) is 1.85. The number of anilines is 2. The molecule has 3 N–H and O–H groups in total. The van der Waals surface area contributed by atoms with Crippen molar-refractivity contribution in [2.45, 2.75) is 19.7 Å². The fourth-order valence-electron chi connectivity index (χ4n) is 3.54. The highest BCUT2D eigenvalue weighted by molar-refractivity contribution is 6.33. The van der Waals surface area contributed by atoms with E-state index < -0.39 is 6.23 Å². The predicted octanol–water partition coefficient (Wildman–Crippen LogP) is 3.19. The minimum absolute atomic E-state index is 0.0941. The fraction of sp³-hybridized carbons (Fsp3) is 0.261. The highest BCUT2D eigenvalue weighted by Gasteiger charge is 2.28. The van der Waals surface area contributed by atoms with Gasteiger partial charge in [-0.15, -0.1) is 0 Å². The Balaban J connectivity index is 1.57. The number of aliphatic hydroxyl groups excluding tert-OH is 1. The van der Waals surface area contributed by atoms with Gasteiger partial charge in [0.1, 0.15) is 30.5 Å². The summed E-state index contributed by atoms with van der Waals surface area (Å²) in [5.41, 5.74) is 9.61. The van der Waals surface area contributed by atoms with Crippen LogP contribution in [0.1, 0.15) is 22.8 Å². The number of halogens is 1. The van der Waals surface area contributed by atoms with Crippen LogP contribution in [0.15, 0.2) is 48.8 Å². The molecular weight excluding hydrogens is 430 g/mol. The number of nitrogens with zero attached hydrogens (tertiary/aromatic N) is 4. The van der Waals surface area contributed by atoms with E-state index in [0.717, 1.165) is 16.7 Å². The van der Waals surface area contributed by atoms with Crippen molar-refractivity contribution in [1.82, 2.24) is 14.9 Å². The van der Waals surface area contributed by atoms with Crippen LogP contribution in [0.25, 0.3) is 11.1 Å². The second-order valence-electron chi connectivity index (χ2n) is 7.65. The normalized spacial score (nSPS) is 14.7. The van der Waals surface area contributed by atoms with Crippen molar-refractivity contribution in [3.05, 3.63) is 64.9 Å². The number of hydrogen-bond acceptors (Lipinski definition) is 7. The number of aliphatic hydroxyl groups is 1. The first-order valence-electron chi connectivity index (χ1n) is 10.2. The van der Waals surface area contributed by atoms with Gasteiger partial charge in [-0.05, 0) is 43.3 Å². The summed E-state index contributed by atoms with van der Waals surface area (Å²) >= 11 is 6.54. The average molecular weight is 454 g/mol. The molecule has 1 aromatic heterocycles. The molecular formula is C23H24ClN5O3. The molecule has 0 radical (unpaired) electrons. The third-order valence-electron chi connectivity index (χ3n) is 5.45. The molecule has 9 heteroatoms. The lowest BCUT2D eigenvalue weighted by molar-refractivity contribution is 0.0329. The number of benzene rings is 2. The van der Waals surface area contributed by atoms with Gasteiger partial charge in [0.2, 0.25) is 5.88 Å². The van der Waals surface area contributed by atoms with E-state index >= 15 is 0 Å². The van der Waals surface area contributed by atoms with Crippen LogP contribution in [0.4, 0.5) is 11.5 Å².